The second kappa shape index (κ2) is 5.06. The van der Waals surface area contributed by atoms with E-state index < -0.39 is 11.7 Å². The Morgan fingerprint density at radius 3 is 2.62 bits per heavy atom. The van der Waals surface area contributed by atoms with E-state index in [1.165, 1.54) is 10.6 Å². The number of carbonyl (C=O) groups is 1. The summed E-state index contributed by atoms with van der Waals surface area (Å²) in [4.78, 5) is 12.5. The maximum absolute atomic E-state index is 13.6. The lowest BCUT2D eigenvalue weighted by molar-refractivity contribution is 0.0964. The summed E-state index contributed by atoms with van der Waals surface area (Å²) in [6.45, 7) is 0. The molecule has 2 N–H and O–H groups in total. The van der Waals surface area contributed by atoms with E-state index in [9.17, 15) is 9.18 Å². The third-order valence-electron chi connectivity index (χ3n) is 3.17. The number of hydrogen-bond donors (Lipinski definition) is 1. The number of carbonyl (C=O) groups excluding carboxylic acids is 1. The van der Waals surface area contributed by atoms with Crippen molar-refractivity contribution in [2.24, 2.45) is 0 Å². The Kier molecular flexibility index (Phi) is 3.35. The van der Waals surface area contributed by atoms with Crippen LogP contribution in [0, 0.1) is 5.82 Å². The van der Waals surface area contributed by atoms with E-state index in [-0.39, 0.29) is 15.6 Å². The number of nitrogens with zero attached hydrogens (tertiary/aromatic N) is 1. The Balaban J connectivity index is 2.15. The Labute approximate surface area is 129 Å². The van der Waals surface area contributed by atoms with E-state index >= 15 is 0 Å². The number of fused-ring (bicyclic) bond motifs is 1. The Morgan fingerprint density at radius 1 is 1.10 bits per heavy atom. The highest BCUT2D eigenvalue weighted by atomic mass is 35.5. The molecule has 0 radical (unpaired) electrons. The number of benzene rings is 2. The first-order chi connectivity index (χ1) is 9.97. The first-order valence-electron chi connectivity index (χ1n) is 6.03. The summed E-state index contributed by atoms with van der Waals surface area (Å²) in [7, 11) is 0. The number of nitrogen functional groups attached to an aromatic ring is 1. The zero-order valence-corrected chi connectivity index (χ0v) is 12.1. The summed E-state index contributed by atoms with van der Waals surface area (Å²) in [6.07, 6.45) is 1.59. The third-order valence-corrected chi connectivity index (χ3v) is 3.78. The largest absolute Gasteiger partial charge is 0.399 e. The van der Waals surface area contributed by atoms with E-state index in [2.05, 4.69) is 0 Å². The lowest BCUT2D eigenvalue weighted by Crippen LogP contribution is -2.11. The fourth-order valence-electron chi connectivity index (χ4n) is 2.15. The molecule has 0 unspecified atom stereocenters. The number of aromatic nitrogens is 1. The minimum Gasteiger partial charge on any atom is -0.399 e. The molecule has 1 aromatic heterocycles. The van der Waals surface area contributed by atoms with Crippen LogP contribution in [0.5, 0.6) is 0 Å². The van der Waals surface area contributed by atoms with Gasteiger partial charge in [0.05, 0.1) is 21.1 Å². The van der Waals surface area contributed by atoms with Gasteiger partial charge in [-0.15, -0.1) is 0 Å². The van der Waals surface area contributed by atoms with Gasteiger partial charge in [-0.05, 0) is 36.4 Å². The zero-order valence-electron chi connectivity index (χ0n) is 10.6. The van der Waals surface area contributed by atoms with Gasteiger partial charge in [-0.2, -0.15) is 0 Å². The summed E-state index contributed by atoms with van der Waals surface area (Å²) < 4.78 is 15.0. The second-order valence-electron chi connectivity index (χ2n) is 4.56. The first kappa shape index (κ1) is 13.9. The molecule has 0 bridgehead atoms. The van der Waals surface area contributed by atoms with Crippen molar-refractivity contribution in [1.29, 1.82) is 0 Å². The molecular formula is C15H9Cl2FN2O. The number of anilines is 1. The number of rotatable bonds is 1. The summed E-state index contributed by atoms with van der Waals surface area (Å²) in [5.41, 5.74) is 7.02. The van der Waals surface area contributed by atoms with Crippen LogP contribution in [0.2, 0.25) is 10.0 Å². The molecule has 21 heavy (non-hydrogen) atoms. The lowest BCUT2D eigenvalue weighted by Gasteiger charge is -2.07. The van der Waals surface area contributed by atoms with Gasteiger partial charge in [0.25, 0.3) is 5.91 Å². The van der Waals surface area contributed by atoms with Crippen LogP contribution < -0.4 is 5.73 Å². The minimum absolute atomic E-state index is 0.0490. The smallest absolute Gasteiger partial charge is 0.263 e. The van der Waals surface area contributed by atoms with Crippen LogP contribution in [-0.2, 0) is 0 Å². The van der Waals surface area contributed by atoms with Crippen LogP contribution in [0.15, 0.2) is 42.6 Å². The maximum atomic E-state index is 13.6. The normalized spacial score (nSPS) is 11.0. The molecule has 0 aliphatic carbocycles. The average Bonchev–Trinajstić information content (AvgIpc) is 2.85. The van der Waals surface area contributed by atoms with Gasteiger partial charge in [0.2, 0.25) is 0 Å². The van der Waals surface area contributed by atoms with Crippen molar-refractivity contribution >= 4 is 45.7 Å². The van der Waals surface area contributed by atoms with Gasteiger partial charge < -0.3 is 5.73 Å². The monoisotopic (exact) mass is 322 g/mol. The highest BCUT2D eigenvalue weighted by Crippen LogP contribution is 2.27. The lowest BCUT2D eigenvalue weighted by atomic mass is 10.2. The van der Waals surface area contributed by atoms with Crippen molar-refractivity contribution < 1.29 is 9.18 Å². The zero-order chi connectivity index (χ0) is 15.1. The second-order valence-corrected chi connectivity index (χ2v) is 5.37. The van der Waals surface area contributed by atoms with Crippen molar-refractivity contribution in [3.05, 3.63) is 64.0 Å². The fraction of sp³-hybridized carbons (Fsp3) is 0. The molecule has 0 aliphatic heterocycles. The Bertz CT molecular complexity index is 873. The SMILES string of the molecule is Nc1ccc2c(ccn2C(=O)c2cc(F)c(Cl)cc2Cl)c1. The molecule has 0 amide bonds. The van der Waals surface area contributed by atoms with E-state index in [4.69, 9.17) is 28.9 Å². The standard InChI is InChI=1S/C15H9Cl2FN2O/c16-11-7-12(17)13(18)6-10(11)15(21)20-4-3-8-5-9(19)1-2-14(8)20/h1-7H,19H2. The topological polar surface area (TPSA) is 48.0 Å². The molecule has 3 rings (SSSR count). The van der Waals surface area contributed by atoms with Crippen molar-refractivity contribution in [2.45, 2.75) is 0 Å². The van der Waals surface area contributed by atoms with E-state index in [0.717, 1.165) is 11.5 Å². The molecule has 2 aromatic carbocycles. The molecule has 0 spiro atoms. The van der Waals surface area contributed by atoms with E-state index in [1.54, 1.807) is 30.5 Å². The van der Waals surface area contributed by atoms with Crippen LogP contribution in [0.25, 0.3) is 10.9 Å². The van der Waals surface area contributed by atoms with Gasteiger partial charge in [-0.3, -0.25) is 9.36 Å². The van der Waals surface area contributed by atoms with Gasteiger partial charge in [0.15, 0.2) is 0 Å². The molecule has 0 atom stereocenters. The maximum Gasteiger partial charge on any atom is 0.263 e. The molecule has 3 nitrogen and oxygen atoms in total. The number of nitrogens with two attached hydrogens (primary N) is 1. The third kappa shape index (κ3) is 2.37. The van der Waals surface area contributed by atoms with Gasteiger partial charge in [-0.25, -0.2) is 4.39 Å². The Morgan fingerprint density at radius 2 is 1.86 bits per heavy atom. The number of hydrogen-bond acceptors (Lipinski definition) is 2. The molecule has 0 saturated carbocycles. The molecule has 0 fully saturated rings. The molecule has 6 heteroatoms. The molecular weight excluding hydrogens is 314 g/mol. The fourth-order valence-corrected chi connectivity index (χ4v) is 2.62. The van der Waals surface area contributed by atoms with Crippen molar-refractivity contribution in [1.82, 2.24) is 4.57 Å². The summed E-state index contributed by atoms with van der Waals surface area (Å²) in [6, 6.07) is 9.18. The van der Waals surface area contributed by atoms with Crippen molar-refractivity contribution in [2.75, 3.05) is 5.73 Å². The van der Waals surface area contributed by atoms with E-state index in [1.807, 2.05) is 0 Å². The quantitative estimate of drug-likeness (QED) is 0.534. The molecule has 0 aliphatic rings. The summed E-state index contributed by atoms with van der Waals surface area (Å²) in [5.74, 6) is -1.12. The van der Waals surface area contributed by atoms with Gasteiger partial charge >= 0.3 is 0 Å². The highest BCUT2D eigenvalue weighted by Gasteiger charge is 2.17. The highest BCUT2D eigenvalue weighted by molar-refractivity contribution is 6.37. The predicted molar refractivity (Wildman–Crippen MR) is 82.5 cm³/mol. The molecule has 0 saturated heterocycles. The summed E-state index contributed by atoms with van der Waals surface area (Å²) in [5, 5.41) is 0.791. The van der Waals surface area contributed by atoms with Crippen LogP contribution in [0.1, 0.15) is 10.4 Å². The van der Waals surface area contributed by atoms with Crippen LogP contribution in [-0.4, -0.2) is 10.5 Å². The van der Waals surface area contributed by atoms with Gasteiger partial charge in [0, 0.05) is 17.3 Å². The van der Waals surface area contributed by atoms with Gasteiger partial charge in [-0.1, -0.05) is 23.2 Å². The molecule has 106 valence electrons. The van der Waals surface area contributed by atoms with Crippen molar-refractivity contribution in [3.8, 4) is 0 Å². The predicted octanol–water partition coefficient (Wildman–Crippen LogP) is 4.36. The van der Waals surface area contributed by atoms with E-state index in [0.29, 0.717) is 11.2 Å². The number of halogens is 3. The minimum atomic E-state index is -0.690. The molecule has 3 aromatic rings. The summed E-state index contributed by atoms with van der Waals surface area (Å²) >= 11 is 11.6. The van der Waals surface area contributed by atoms with Gasteiger partial charge in [0.1, 0.15) is 5.82 Å². The first-order valence-corrected chi connectivity index (χ1v) is 6.79. The van der Waals surface area contributed by atoms with Crippen LogP contribution in [0.4, 0.5) is 10.1 Å². The van der Waals surface area contributed by atoms with Crippen LogP contribution >= 0.6 is 23.2 Å². The average molecular weight is 323 g/mol. The Hall–Kier alpha value is -2.04. The molecule has 1 heterocycles. The van der Waals surface area contributed by atoms with Crippen molar-refractivity contribution in [3.63, 3.8) is 0 Å². The van der Waals surface area contributed by atoms with Crippen LogP contribution in [0.3, 0.4) is 0 Å².